The van der Waals surface area contributed by atoms with E-state index in [1.165, 1.54) is 14.0 Å². The third kappa shape index (κ3) is 6.32. The van der Waals surface area contributed by atoms with E-state index in [1.54, 1.807) is 0 Å². The van der Waals surface area contributed by atoms with Crippen LogP contribution in [0, 0.1) is 5.92 Å². The summed E-state index contributed by atoms with van der Waals surface area (Å²) in [7, 11) is 1.32. The molecule has 35 heavy (non-hydrogen) atoms. The summed E-state index contributed by atoms with van der Waals surface area (Å²) in [6, 6.07) is 12.9. The molecular formula is C25H27F3N2O5. The van der Waals surface area contributed by atoms with E-state index in [-0.39, 0.29) is 19.1 Å². The van der Waals surface area contributed by atoms with E-state index in [1.807, 2.05) is 53.8 Å². The van der Waals surface area contributed by atoms with Gasteiger partial charge in [-0.1, -0.05) is 55.5 Å². The molecule has 2 amide bonds. The van der Waals surface area contributed by atoms with E-state index < -0.39 is 48.9 Å². The van der Waals surface area contributed by atoms with Crippen LogP contribution in [0.5, 0.6) is 0 Å². The Bertz CT molecular complexity index is 1040. The number of carboxylic acid groups (broad SMARTS) is 1. The minimum absolute atomic E-state index is 0.134. The molecule has 0 aromatic heterocycles. The summed E-state index contributed by atoms with van der Waals surface area (Å²) in [6.07, 6.45) is -7.23. The lowest BCUT2D eigenvalue weighted by Crippen LogP contribution is -2.46. The Morgan fingerprint density at radius 3 is 2.11 bits per heavy atom. The molecule has 2 aromatic rings. The number of amides is 2. The van der Waals surface area contributed by atoms with Gasteiger partial charge in [0, 0.05) is 25.9 Å². The van der Waals surface area contributed by atoms with E-state index in [4.69, 9.17) is 9.84 Å². The maximum atomic E-state index is 13.5. The molecule has 2 N–H and O–H groups in total. The topological polar surface area (TPSA) is 95.9 Å². The molecule has 7 nitrogen and oxygen atoms in total. The minimum Gasteiger partial charge on any atom is -0.481 e. The van der Waals surface area contributed by atoms with Crippen LogP contribution >= 0.6 is 0 Å². The number of nitrogens with one attached hydrogen (secondary N) is 1. The lowest BCUT2D eigenvalue weighted by Gasteiger charge is -2.24. The van der Waals surface area contributed by atoms with Crippen molar-refractivity contribution in [1.82, 2.24) is 10.2 Å². The molecule has 1 aliphatic carbocycles. The maximum absolute atomic E-state index is 13.5. The second-order valence-corrected chi connectivity index (χ2v) is 8.62. The van der Waals surface area contributed by atoms with Crippen LogP contribution in [0.2, 0.25) is 0 Å². The quantitative estimate of drug-likeness (QED) is 0.541. The standard InChI is InChI=1S/C25H27F3N2O5/c1-15(23(32)33)13-30(2)22(31)12-11-21(25(26,27)28)29-24(34)35-14-20-18-9-5-3-7-16(18)17-8-4-6-10-19(17)20/h3-10,15,20-21H,11-14H2,1-2H3,(H,29,34)(H,32,33)/t15?,21-/m0/s1. The van der Waals surface area contributed by atoms with Crippen LogP contribution in [0.25, 0.3) is 11.1 Å². The number of alkyl carbamates (subject to hydrolysis) is 1. The Balaban J connectivity index is 1.59. The van der Waals surface area contributed by atoms with Gasteiger partial charge < -0.3 is 20.1 Å². The molecule has 3 rings (SSSR count). The van der Waals surface area contributed by atoms with Gasteiger partial charge in [-0.05, 0) is 28.7 Å². The van der Waals surface area contributed by atoms with Crippen LogP contribution in [0.15, 0.2) is 48.5 Å². The van der Waals surface area contributed by atoms with Crippen molar-refractivity contribution in [2.45, 2.75) is 37.9 Å². The summed E-state index contributed by atoms with van der Waals surface area (Å²) < 4.78 is 45.7. The molecule has 10 heteroatoms. The molecule has 0 saturated heterocycles. The Morgan fingerprint density at radius 1 is 1.06 bits per heavy atom. The van der Waals surface area contributed by atoms with Crippen LogP contribution in [0.4, 0.5) is 18.0 Å². The van der Waals surface area contributed by atoms with Gasteiger partial charge in [0.05, 0.1) is 5.92 Å². The number of ether oxygens (including phenoxy) is 1. The lowest BCUT2D eigenvalue weighted by atomic mass is 9.98. The first-order valence-corrected chi connectivity index (χ1v) is 11.1. The highest BCUT2D eigenvalue weighted by molar-refractivity contribution is 5.79. The zero-order valence-corrected chi connectivity index (χ0v) is 19.3. The third-order valence-electron chi connectivity index (χ3n) is 6.07. The highest BCUT2D eigenvalue weighted by Gasteiger charge is 2.41. The molecule has 2 aromatic carbocycles. The minimum atomic E-state index is -4.79. The number of carbonyl (C=O) groups is 3. The van der Waals surface area contributed by atoms with Gasteiger partial charge in [-0.25, -0.2) is 4.79 Å². The number of rotatable bonds is 9. The van der Waals surface area contributed by atoms with Gasteiger partial charge in [0.1, 0.15) is 12.6 Å². The molecule has 0 fully saturated rings. The summed E-state index contributed by atoms with van der Waals surface area (Å²) in [5.74, 6) is -2.93. The van der Waals surface area contributed by atoms with Gasteiger partial charge in [0.2, 0.25) is 5.91 Å². The number of benzene rings is 2. The van der Waals surface area contributed by atoms with Crippen molar-refractivity contribution in [2.24, 2.45) is 5.92 Å². The number of hydrogen-bond donors (Lipinski definition) is 2. The van der Waals surface area contributed by atoms with Gasteiger partial charge in [0.25, 0.3) is 0 Å². The maximum Gasteiger partial charge on any atom is 0.408 e. The summed E-state index contributed by atoms with van der Waals surface area (Å²) in [5.41, 5.74) is 3.84. The average Bonchev–Trinajstić information content (AvgIpc) is 3.13. The Hall–Kier alpha value is -3.56. The molecule has 2 atom stereocenters. The van der Waals surface area contributed by atoms with Crippen LogP contribution < -0.4 is 5.32 Å². The first-order chi connectivity index (χ1) is 16.5. The molecule has 0 bridgehead atoms. The largest absolute Gasteiger partial charge is 0.481 e. The molecule has 0 spiro atoms. The van der Waals surface area contributed by atoms with Crippen molar-refractivity contribution in [1.29, 1.82) is 0 Å². The number of halogens is 3. The van der Waals surface area contributed by atoms with Crippen molar-refractivity contribution >= 4 is 18.0 Å². The zero-order valence-electron chi connectivity index (χ0n) is 19.3. The lowest BCUT2D eigenvalue weighted by molar-refractivity contribution is -0.157. The van der Waals surface area contributed by atoms with Crippen LogP contribution in [0.1, 0.15) is 36.8 Å². The number of aliphatic carboxylic acids is 1. The molecule has 0 aliphatic heterocycles. The highest BCUT2D eigenvalue weighted by Crippen LogP contribution is 2.44. The Labute approximate surface area is 200 Å². The number of alkyl halides is 3. The van der Waals surface area contributed by atoms with Gasteiger partial charge >= 0.3 is 18.2 Å². The number of carbonyl (C=O) groups excluding carboxylic acids is 2. The fourth-order valence-electron chi connectivity index (χ4n) is 4.15. The van der Waals surface area contributed by atoms with Gasteiger partial charge in [-0.15, -0.1) is 0 Å². The molecule has 0 heterocycles. The molecule has 1 unspecified atom stereocenters. The first kappa shape index (κ1) is 26.1. The van der Waals surface area contributed by atoms with Crippen molar-refractivity contribution in [3.05, 3.63) is 59.7 Å². The number of carboxylic acids is 1. The average molecular weight is 492 g/mol. The summed E-state index contributed by atoms with van der Waals surface area (Å²) >= 11 is 0. The van der Waals surface area contributed by atoms with Crippen LogP contribution in [-0.4, -0.2) is 60.4 Å². The van der Waals surface area contributed by atoms with Gasteiger partial charge in [-0.2, -0.15) is 13.2 Å². The van der Waals surface area contributed by atoms with E-state index in [2.05, 4.69) is 0 Å². The van der Waals surface area contributed by atoms with E-state index in [0.29, 0.717) is 0 Å². The molecule has 1 aliphatic rings. The second-order valence-electron chi connectivity index (χ2n) is 8.62. The summed E-state index contributed by atoms with van der Waals surface area (Å²) in [4.78, 5) is 36.4. The normalized spacial score (nSPS) is 14.4. The number of hydrogen-bond acceptors (Lipinski definition) is 4. The Kier molecular flexibility index (Phi) is 8.03. The number of nitrogens with zero attached hydrogens (tertiary/aromatic N) is 1. The van der Waals surface area contributed by atoms with Crippen LogP contribution in [0.3, 0.4) is 0 Å². The fraction of sp³-hybridized carbons (Fsp3) is 0.400. The van der Waals surface area contributed by atoms with Crippen molar-refractivity contribution < 1.29 is 37.4 Å². The monoisotopic (exact) mass is 492 g/mol. The van der Waals surface area contributed by atoms with Crippen LogP contribution in [-0.2, 0) is 14.3 Å². The van der Waals surface area contributed by atoms with Crippen molar-refractivity contribution in [3.8, 4) is 11.1 Å². The molecule has 0 radical (unpaired) electrons. The smallest absolute Gasteiger partial charge is 0.408 e. The summed E-state index contributed by atoms with van der Waals surface area (Å²) in [5, 5.41) is 10.8. The summed E-state index contributed by atoms with van der Waals surface area (Å²) in [6.45, 7) is 1.12. The van der Waals surface area contributed by atoms with E-state index in [9.17, 15) is 27.6 Å². The van der Waals surface area contributed by atoms with Gasteiger partial charge in [0.15, 0.2) is 0 Å². The van der Waals surface area contributed by atoms with Crippen molar-refractivity contribution in [2.75, 3.05) is 20.2 Å². The highest BCUT2D eigenvalue weighted by atomic mass is 19.4. The van der Waals surface area contributed by atoms with Gasteiger partial charge in [-0.3, -0.25) is 9.59 Å². The molecule has 188 valence electrons. The SMILES string of the molecule is CC(CN(C)C(=O)CC[C@H](NC(=O)OCC1c2ccccc2-c2ccccc21)C(F)(F)F)C(=O)O. The zero-order chi connectivity index (χ0) is 25.8. The van der Waals surface area contributed by atoms with E-state index in [0.717, 1.165) is 27.2 Å². The van der Waals surface area contributed by atoms with Crippen molar-refractivity contribution in [3.63, 3.8) is 0 Å². The molecular weight excluding hydrogens is 465 g/mol. The predicted octanol–water partition coefficient (Wildman–Crippen LogP) is 4.42. The third-order valence-corrected chi connectivity index (χ3v) is 6.07. The first-order valence-electron chi connectivity index (χ1n) is 11.1. The predicted molar refractivity (Wildman–Crippen MR) is 122 cm³/mol. The Morgan fingerprint density at radius 2 is 1.60 bits per heavy atom. The number of fused-ring (bicyclic) bond motifs is 3. The van der Waals surface area contributed by atoms with E-state index >= 15 is 0 Å². The fourth-order valence-corrected chi connectivity index (χ4v) is 4.15. The molecule has 0 saturated carbocycles. The second kappa shape index (κ2) is 10.8.